The van der Waals surface area contributed by atoms with E-state index in [9.17, 15) is 14.4 Å². The Morgan fingerprint density at radius 2 is 2.07 bits per heavy atom. The number of rotatable bonds is 5. The molecule has 1 amide bonds. The Bertz CT molecular complexity index is 1070. The molecular formula is C20H17FN4OS2. The van der Waals surface area contributed by atoms with Crippen LogP contribution in [0.4, 0.5) is 15.2 Å². The van der Waals surface area contributed by atoms with Gasteiger partial charge in [0, 0.05) is 23.8 Å². The number of hydrogen-bond acceptors (Lipinski definition) is 6. The summed E-state index contributed by atoms with van der Waals surface area (Å²) in [5, 5.41) is 12.3. The standard InChI is InChI=1S/C20H17FN4OS2/c1-12-8-13(2)23-19(16(12)9-22)27-10-15-11-28-20(24-15)25(14(3)26)18-7-5-4-6-17(18)21/h4-8,11H,10H2,1-3H3. The van der Waals surface area contributed by atoms with E-state index >= 15 is 0 Å². The number of halogens is 1. The number of benzene rings is 1. The van der Waals surface area contributed by atoms with Gasteiger partial charge in [-0.3, -0.25) is 9.69 Å². The summed E-state index contributed by atoms with van der Waals surface area (Å²) >= 11 is 2.69. The predicted molar refractivity (Wildman–Crippen MR) is 109 cm³/mol. The Morgan fingerprint density at radius 1 is 1.32 bits per heavy atom. The zero-order valence-corrected chi connectivity index (χ0v) is 17.2. The third kappa shape index (κ3) is 4.21. The van der Waals surface area contributed by atoms with E-state index in [-0.39, 0.29) is 11.6 Å². The average molecular weight is 413 g/mol. The molecule has 28 heavy (non-hydrogen) atoms. The number of thioether (sulfide) groups is 1. The summed E-state index contributed by atoms with van der Waals surface area (Å²) < 4.78 is 14.2. The average Bonchev–Trinajstić information content (AvgIpc) is 3.09. The smallest absolute Gasteiger partial charge is 0.230 e. The fourth-order valence-electron chi connectivity index (χ4n) is 2.69. The summed E-state index contributed by atoms with van der Waals surface area (Å²) in [7, 11) is 0. The van der Waals surface area contributed by atoms with Crippen LogP contribution in [-0.2, 0) is 10.5 Å². The fourth-order valence-corrected chi connectivity index (χ4v) is 4.67. The molecule has 0 aliphatic carbocycles. The van der Waals surface area contributed by atoms with Crippen molar-refractivity contribution in [1.82, 2.24) is 9.97 Å². The molecule has 0 aliphatic rings. The van der Waals surface area contributed by atoms with Crippen LogP contribution in [0.25, 0.3) is 0 Å². The molecule has 0 fully saturated rings. The van der Waals surface area contributed by atoms with Gasteiger partial charge in [-0.05, 0) is 37.6 Å². The SMILES string of the molecule is CC(=O)N(c1nc(CSc2nc(C)cc(C)c2C#N)cs1)c1ccccc1F. The largest absolute Gasteiger partial charge is 0.274 e. The molecule has 0 radical (unpaired) electrons. The second kappa shape index (κ2) is 8.50. The van der Waals surface area contributed by atoms with Gasteiger partial charge in [0.05, 0.1) is 16.9 Å². The van der Waals surface area contributed by atoms with E-state index in [4.69, 9.17) is 0 Å². The number of thiazole rings is 1. The number of nitrogens with zero attached hydrogens (tertiary/aromatic N) is 4. The molecular weight excluding hydrogens is 395 g/mol. The minimum atomic E-state index is -0.484. The van der Waals surface area contributed by atoms with E-state index in [2.05, 4.69) is 16.0 Å². The first-order valence-electron chi connectivity index (χ1n) is 8.41. The molecule has 3 aromatic rings. The Hall–Kier alpha value is -2.76. The van der Waals surface area contributed by atoms with Crippen LogP contribution in [0.2, 0.25) is 0 Å². The van der Waals surface area contributed by atoms with Gasteiger partial charge in [0.1, 0.15) is 16.9 Å². The number of carbonyl (C=O) groups excluding carboxylic acids is 1. The lowest BCUT2D eigenvalue weighted by Crippen LogP contribution is -2.23. The Labute approximate surface area is 170 Å². The lowest BCUT2D eigenvalue weighted by atomic mass is 10.1. The van der Waals surface area contributed by atoms with Crippen molar-refractivity contribution in [2.75, 3.05) is 4.90 Å². The molecule has 142 valence electrons. The topological polar surface area (TPSA) is 69.9 Å². The second-order valence-electron chi connectivity index (χ2n) is 6.09. The first kappa shape index (κ1) is 20.0. The van der Waals surface area contributed by atoms with Crippen molar-refractivity contribution in [1.29, 1.82) is 5.26 Å². The van der Waals surface area contributed by atoms with Crippen molar-refractivity contribution in [2.24, 2.45) is 0 Å². The first-order valence-corrected chi connectivity index (χ1v) is 10.3. The third-order valence-electron chi connectivity index (χ3n) is 3.92. The van der Waals surface area contributed by atoms with Crippen molar-refractivity contribution in [2.45, 2.75) is 31.6 Å². The van der Waals surface area contributed by atoms with Gasteiger partial charge >= 0.3 is 0 Å². The number of hydrogen-bond donors (Lipinski definition) is 0. The lowest BCUT2D eigenvalue weighted by molar-refractivity contribution is -0.115. The van der Waals surface area contributed by atoms with Crippen LogP contribution in [0.3, 0.4) is 0 Å². The summed E-state index contributed by atoms with van der Waals surface area (Å²) in [5.74, 6) is -0.312. The molecule has 0 spiro atoms. The van der Waals surface area contributed by atoms with Gasteiger partial charge in [-0.15, -0.1) is 11.3 Å². The molecule has 0 aliphatic heterocycles. The van der Waals surface area contributed by atoms with Crippen molar-refractivity contribution < 1.29 is 9.18 Å². The van der Waals surface area contributed by atoms with Crippen LogP contribution >= 0.6 is 23.1 Å². The van der Waals surface area contributed by atoms with Crippen molar-refractivity contribution >= 4 is 39.8 Å². The summed E-state index contributed by atoms with van der Waals surface area (Å²) in [5.41, 5.74) is 3.20. The molecule has 2 heterocycles. The maximum absolute atomic E-state index is 14.2. The number of anilines is 2. The minimum absolute atomic E-state index is 0.172. The Kier molecular flexibility index (Phi) is 6.07. The quantitative estimate of drug-likeness (QED) is 0.543. The highest BCUT2D eigenvalue weighted by Crippen LogP contribution is 2.33. The highest BCUT2D eigenvalue weighted by atomic mass is 32.2. The van der Waals surface area contributed by atoms with E-state index in [1.807, 2.05) is 25.3 Å². The summed E-state index contributed by atoms with van der Waals surface area (Å²) in [4.78, 5) is 22.3. The first-order chi connectivity index (χ1) is 13.4. The summed E-state index contributed by atoms with van der Waals surface area (Å²) in [6, 6.07) is 10.2. The van der Waals surface area contributed by atoms with Gasteiger partial charge < -0.3 is 0 Å². The number of amides is 1. The zero-order valence-electron chi connectivity index (χ0n) is 15.6. The van der Waals surface area contributed by atoms with Crippen molar-refractivity contribution in [3.63, 3.8) is 0 Å². The highest BCUT2D eigenvalue weighted by Gasteiger charge is 2.21. The van der Waals surface area contributed by atoms with E-state index < -0.39 is 5.82 Å². The van der Waals surface area contributed by atoms with Crippen LogP contribution in [0.5, 0.6) is 0 Å². The minimum Gasteiger partial charge on any atom is -0.274 e. The summed E-state index contributed by atoms with van der Waals surface area (Å²) in [6.45, 7) is 5.15. The number of carbonyl (C=O) groups is 1. The fraction of sp³-hybridized carbons (Fsp3) is 0.200. The molecule has 1 aromatic carbocycles. The van der Waals surface area contributed by atoms with Crippen LogP contribution in [0.1, 0.15) is 29.4 Å². The molecule has 2 aromatic heterocycles. The van der Waals surface area contributed by atoms with Crippen LogP contribution in [0.15, 0.2) is 40.7 Å². The molecule has 0 saturated heterocycles. The maximum atomic E-state index is 14.2. The summed E-state index contributed by atoms with van der Waals surface area (Å²) in [6.07, 6.45) is 0. The lowest BCUT2D eigenvalue weighted by Gasteiger charge is -2.18. The maximum Gasteiger partial charge on any atom is 0.230 e. The number of nitriles is 1. The van der Waals surface area contributed by atoms with E-state index in [1.54, 1.807) is 18.2 Å². The monoisotopic (exact) mass is 412 g/mol. The van der Waals surface area contributed by atoms with E-state index in [1.165, 1.54) is 41.0 Å². The van der Waals surface area contributed by atoms with Gasteiger partial charge in [0.15, 0.2) is 5.13 Å². The van der Waals surface area contributed by atoms with Crippen molar-refractivity contribution in [3.8, 4) is 6.07 Å². The van der Waals surface area contributed by atoms with Gasteiger partial charge in [-0.2, -0.15) is 5.26 Å². The predicted octanol–water partition coefficient (Wildman–Crippen LogP) is 5.14. The van der Waals surface area contributed by atoms with Gasteiger partial charge in [-0.25, -0.2) is 14.4 Å². The van der Waals surface area contributed by atoms with Crippen LogP contribution in [-0.4, -0.2) is 15.9 Å². The van der Waals surface area contributed by atoms with Crippen LogP contribution in [0, 0.1) is 31.0 Å². The molecule has 5 nitrogen and oxygen atoms in total. The number of para-hydroxylation sites is 1. The molecule has 0 unspecified atom stereocenters. The molecule has 0 bridgehead atoms. The Balaban J connectivity index is 1.84. The molecule has 0 saturated carbocycles. The van der Waals surface area contributed by atoms with Crippen LogP contribution < -0.4 is 4.90 Å². The Morgan fingerprint density at radius 3 is 2.75 bits per heavy atom. The zero-order chi connectivity index (χ0) is 20.3. The van der Waals surface area contributed by atoms with Gasteiger partial charge in [0.25, 0.3) is 0 Å². The van der Waals surface area contributed by atoms with E-state index in [0.717, 1.165) is 17.0 Å². The second-order valence-corrected chi connectivity index (χ2v) is 7.89. The van der Waals surface area contributed by atoms with Gasteiger partial charge in [-0.1, -0.05) is 23.9 Å². The normalized spacial score (nSPS) is 10.5. The molecule has 0 atom stereocenters. The van der Waals surface area contributed by atoms with E-state index in [0.29, 0.717) is 21.5 Å². The number of pyridine rings is 1. The molecule has 3 rings (SSSR count). The highest BCUT2D eigenvalue weighted by molar-refractivity contribution is 7.98. The molecule has 0 N–H and O–H groups in total. The molecule has 8 heteroatoms. The van der Waals surface area contributed by atoms with Crippen molar-refractivity contribution in [3.05, 3.63) is 64.0 Å². The van der Waals surface area contributed by atoms with Gasteiger partial charge in [0.2, 0.25) is 5.91 Å². The number of aromatic nitrogens is 2. The third-order valence-corrected chi connectivity index (χ3v) is 5.80. The number of aryl methyl sites for hydroxylation is 2.